The molecule has 4 heteroatoms. The van der Waals surface area contributed by atoms with Crippen molar-refractivity contribution in [3.05, 3.63) is 12.7 Å². The highest BCUT2D eigenvalue weighted by molar-refractivity contribution is 5.86. The maximum absolute atomic E-state index is 13.0. The predicted octanol–water partition coefficient (Wildman–Crippen LogP) is 2.71. The Bertz CT molecular complexity index is 489. The molecule has 1 atom stereocenters. The van der Waals surface area contributed by atoms with Gasteiger partial charge in [0.15, 0.2) is 0 Å². The Balaban J connectivity index is 1.77. The van der Waals surface area contributed by atoms with E-state index >= 15 is 0 Å². The van der Waals surface area contributed by atoms with E-state index in [-0.39, 0.29) is 11.4 Å². The van der Waals surface area contributed by atoms with Crippen LogP contribution >= 0.6 is 0 Å². The number of likely N-dealkylation sites (tertiary alicyclic amines) is 2. The van der Waals surface area contributed by atoms with Crippen LogP contribution in [0.4, 0.5) is 0 Å². The number of carbonyl (C=O) groups is 1. The lowest BCUT2D eigenvalue weighted by Gasteiger charge is -2.47. The molecule has 1 amide bonds. The predicted molar refractivity (Wildman–Crippen MR) is 86.1 cm³/mol. The molecule has 0 radical (unpaired) electrons. The van der Waals surface area contributed by atoms with Crippen molar-refractivity contribution in [1.29, 1.82) is 5.26 Å². The standard InChI is InChI=1S/C18H27N3O/c1-2-11-21-13-6-10-18(21)9-5-12-20(15-18)16(22)17(14-19)7-3-4-8-17/h2H,1,3-13,15H2. The van der Waals surface area contributed by atoms with Crippen LogP contribution in [0.2, 0.25) is 0 Å². The van der Waals surface area contributed by atoms with E-state index in [4.69, 9.17) is 0 Å². The highest BCUT2D eigenvalue weighted by Crippen LogP contribution is 2.42. The van der Waals surface area contributed by atoms with Gasteiger partial charge in [0.25, 0.3) is 0 Å². The number of rotatable bonds is 3. The van der Waals surface area contributed by atoms with Gasteiger partial charge in [-0.2, -0.15) is 5.26 Å². The first-order chi connectivity index (χ1) is 10.7. The summed E-state index contributed by atoms with van der Waals surface area (Å²) in [6.07, 6.45) is 10.1. The van der Waals surface area contributed by atoms with Crippen LogP contribution in [0.1, 0.15) is 51.4 Å². The number of piperidine rings is 1. The van der Waals surface area contributed by atoms with E-state index in [0.717, 1.165) is 58.3 Å². The van der Waals surface area contributed by atoms with Crippen molar-refractivity contribution in [2.75, 3.05) is 26.2 Å². The van der Waals surface area contributed by atoms with Crippen LogP contribution < -0.4 is 0 Å². The average molecular weight is 301 g/mol. The van der Waals surface area contributed by atoms with Crippen LogP contribution in [0.15, 0.2) is 12.7 Å². The molecule has 0 N–H and O–H groups in total. The molecule has 0 aromatic rings. The van der Waals surface area contributed by atoms with Gasteiger partial charge in [-0.3, -0.25) is 9.69 Å². The Kier molecular flexibility index (Phi) is 4.27. The fourth-order valence-electron chi connectivity index (χ4n) is 4.84. The van der Waals surface area contributed by atoms with Crippen molar-refractivity contribution < 1.29 is 4.79 Å². The highest BCUT2D eigenvalue weighted by atomic mass is 16.2. The summed E-state index contributed by atoms with van der Waals surface area (Å²) in [4.78, 5) is 17.5. The first-order valence-electron chi connectivity index (χ1n) is 8.72. The first kappa shape index (κ1) is 15.6. The van der Waals surface area contributed by atoms with Gasteiger partial charge in [-0.05, 0) is 45.1 Å². The van der Waals surface area contributed by atoms with Gasteiger partial charge in [0.1, 0.15) is 5.41 Å². The summed E-state index contributed by atoms with van der Waals surface area (Å²) >= 11 is 0. The molecule has 1 spiro atoms. The third-order valence-corrected chi connectivity index (χ3v) is 6.01. The zero-order valence-electron chi connectivity index (χ0n) is 13.5. The number of nitrogens with zero attached hydrogens (tertiary/aromatic N) is 3. The largest absolute Gasteiger partial charge is 0.339 e. The molecule has 0 aromatic carbocycles. The molecule has 3 rings (SSSR count). The maximum atomic E-state index is 13.0. The van der Waals surface area contributed by atoms with Crippen molar-refractivity contribution in [3.8, 4) is 6.07 Å². The van der Waals surface area contributed by atoms with Crippen LogP contribution in [0.25, 0.3) is 0 Å². The van der Waals surface area contributed by atoms with Gasteiger partial charge in [0, 0.05) is 25.2 Å². The summed E-state index contributed by atoms with van der Waals surface area (Å²) in [5.41, 5.74) is -0.586. The summed E-state index contributed by atoms with van der Waals surface area (Å²) in [6, 6.07) is 2.37. The lowest BCUT2D eigenvalue weighted by Crippen LogP contribution is -2.58. The number of hydrogen-bond donors (Lipinski definition) is 0. The fourth-order valence-corrected chi connectivity index (χ4v) is 4.84. The topological polar surface area (TPSA) is 47.3 Å². The lowest BCUT2D eigenvalue weighted by molar-refractivity contribution is -0.142. The summed E-state index contributed by atoms with van der Waals surface area (Å²) in [7, 11) is 0. The quantitative estimate of drug-likeness (QED) is 0.753. The van der Waals surface area contributed by atoms with Crippen molar-refractivity contribution in [1.82, 2.24) is 9.80 Å². The second kappa shape index (κ2) is 6.04. The molecule has 3 aliphatic rings. The summed E-state index contributed by atoms with van der Waals surface area (Å²) in [5, 5.41) is 9.59. The van der Waals surface area contributed by atoms with Gasteiger partial charge in [0.05, 0.1) is 6.07 Å². The van der Waals surface area contributed by atoms with Gasteiger partial charge in [-0.25, -0.2) is 0 Å². The average Bonchev–Trinajstić information content (AvgIpc) is 3.16. The number of hydrogen-bond acceptors (Lipinski definition) is 3. The van der Waals surface area contributed by atoms with Gasteiger partial charge in [-0.15, -0.1) is 6.58 Å². The molecule has 1 aliphatic carbocycles. The van der Waals surface area contributed by atoms with Crippen molar-refractivity contribution in [2.24, 2.45) is 5.41 Å². The summed E-state index contributed by atoms with van der Waals surface area (Å²) < 4.78 is 0. The molecule has 2 heterocycles. The van der Waals surface area contributed by atoms with E-state index in [1.165, 1.54) is 19.3 Å². The highest BCUT2D eigenvalue weighted by Gasteiger charge is 2.49. The molecule has 2 aliphatic heterocycles. The van der Waals surface area contributed by atoms with E-state index in [0.29, 0.717) is 0 Å². The Labute approximate surface area is 133 Å². The zero-order chi connectivity index (χ0) is 15.6. The third kappa shape index (κ3) is 2.46. The van der Waals surface area contributed by atoms with E-state index in [1.54, 1.807) is 0 Å². The van der Waals surface area contributed by atoms with Crippen LogP contribution in [0.5, 0.6) is 0 Å². The van der Waals surface area contributed by atoms with Gasteiger partial charge >= 0.3 is 0 Å². The third-order valence-electron chi connectivity index (χ3n) is 6.01. The van der Waals surface area contributed by atoms with E-state index in [9.17, 15) is 10.1 Å². The second-order valence-electron chi connectivity index (χ2n) is 7.29. The Morgan fingerprint density at radius 3 is 2.45 bits per heavy atom. The minimum atomic E-state index is -0.722. The molecule has 3 fully saturated rings. The summed E-state index contributed by atoms with van der Waals surface area (Å²) in [6.45, 7) is 7.53. The molecule has 4 nitrogen and oxygen atoms in total. The molecule has 0 bridgehead atoms. The molecular weight excluding hydrogens is 274 g/mol. The smallest absolute Gasteiger partial charge is 0.243 e. The van der Waals surface area contributed by atoms with Crippen molar-refractivity contribution >= 4 is 5.91 Å². The molecule has 1 saturated carbocycles. The molecule has 0 aromatic heterocycles. The van der Waals surface area contributed by atoms with Crippen LogP contribution in [-0.2, 0) is 4.79 Å². The van der Waals surface area contributed by atoms with Crippen LogP contribution in [0.3, 0.4) is 0 Å². The molecule has 1 unspecified atom stereocenters. The number of carbonyl (C=O) groups excluding carboxylic acids is 1. The summed E-state index contributed by atoms with van der Waals surface area (Å²) in [5.74, 6) is 0.108. The number of nitriles is 1. The molecule has 120 valence electrons. The van der Waals surface area contributed by atoms with E-state index in [2.05, 4.69) is 17.5 Å². The lowest BCUT2D eigenvalue weighted by atomic mass is 9.82. The van der Waals surface area contributed by atoms with Crippen LogP contribution in [-0.4, -0.2) is 47.4 Å². The minimum absolute atomic E-state index is 0.108. The molecular formula is C18H27N3O. The van der Waals surface area contributed by atoms with Crippen molar-refractivity contribution in [3.63, 3.8) is 0 Å². The van der Waals surface area contributed by atoms with Crippen LogP contribution in [0, 0.1) is 16.7 Å². The number of amides is 1. The van der Waals surface area contributed by atoms with E-state index in [1.807, 2.05) is 11.0 Å². The first-order valence-corrected chi connectivity index (χ1v) is 8.72. The van der Waals surface area contributed by atoms with Gasteiger partial charge < -0.3 is 4.90 Å². The Hall–Kier alpha value is -1.34. The van der Waals surface area contributed by atoms with E-state index < -0.39 is 5.41 Å². The Morgan fingerprint density at radius 1 is 1.14 bits per heavy atom. The van der Waals surface area contributed by atoms with Crippen molar-refractivity contribution in [2.45, 2.75) is 56.9 Å². The molecule has 2 saturated heterocycles. The molecule has 22 heavy (non-hydrogen) atoms. The fraction of sp³-hybridized carbons (Fsp3) is 0.778. The normalized spacial score (nSPS) is 31.3. The SMILES string of the molecule is C=CCN1CCCC12CCCN(C(=O)C1(C#N)CCCC1)C2. The zero-order valence-corrected chi connectivity index (χ0v) is 13.5. The van der Waals surface area contributed by atoms with Gasteiger partial charge in [-0.1, -0.05) is 18.9 Å². The second-order valence-corrected chi connectivity index (χ2v) is 7.29. The maximum Gasteiger partial charge on any atom is 0.243 e. The monoisotopic (exact) mass is 301 g/mol. The minimum Gasteiger partial charge on any atom is -0.339 e. The van der Waals surface area contributed by atoms with Gasteiger partial charge in [0.2, 0.25) is 5.91 Å². The Morgan fingerprint density at radius 2 is 1.82 bits per heavy atom.